The third-order valence-electron chi connectivity index (χ3n) is 3.14. The van der Waals surface area contributed by atoms with Gasteiger partial charge in [-0.2, -0.15) is 0 Å². The van der Waals surface area contributed by atoms with Crippen LogP contribution in [0.3, 0.4) is 0 Å². The normalized spacial score (nSPS) is 10.5. The molecule has 0 bridgehead atoms. The molecule has 0 fully saturated rings. The number of carboxylic acids is 1. The number of aryl methyl sites for hydroxylation is 4. The molecule has 4 nitrogen and oxygen atoms in total. The first kappa shape index (κ1) is 15.5. The molecule has 0 saturated carbocycles. The highest BCUT2D eigenvalue weighted by Gasteiger charge is 2.17. The SMILES string of the molecule is Cc1cc(Oc2cc(C)c(Br)c(C)c2)c(C(=O)O)c(C)n1. The van der Waals surface area contributed by atoms with Crippen LogP contribution in [0.5, 0.6) is 11.5 Å². The number of hydrogen-bond acceptors (Lipinski definition) is 3. The molecular weight excluding hydrogens is 334 g/mol. The van der Waals surface area contributed by atoms with Crippen molar-refractivity contribution in [2.24, 2.45) is 0 Å². The second-order valence-electron chi connectivity index (χ2n) is 5.00. The maximum Gasteiger partial charge on any atom is 0.341 e. The molecule has 0 unspecified atom stereocenters. The Morgan fingerprint density at radius 1 is 1.14 bits per heavy atom. The molecule has 0 saturated heterocycles. The number of pyridine rings is 1. The van der Waals surface area contributed by atoms with Crippen molar-refractivity contribution >= 4 is 21.9 Å². The average Bonchev–Trinajstić information content (AvgIpc) is 2.34. The number of rotatable bonds is 3. The topological polar surface area (TPSA) is 59.4 Å². The summed E-state index contributed by atoms with van der Waals surface area (Å²) in [5.41, 5.74) is 3.33. The van der Waals surface area contributed by atoms with Gasteiger partial charge < -0.3 is 9.84 Å². The second-order valence-corrected chi connectivity index (χ2v) is 5.79. The van der Waals surface area contributed by atoms with Crippen LogP contribution in [-0.4, -0.2) is 16.1 Å². The molecule has 0 aliphatic carbocycles. The first-order valence-corrected chi connectivity index (χ1v) is 7.25. The Balaban J connectivity index is 2.51. The van der Waals surface area contributed by atoms with Gasteiger partial charge >= 0.3 is 5.97 Å². The standard InChI is InChI=1S/C16H16BrNO3/c1-8-5-12(6-9(2)15(8)17)21-13-7-10(3)18-11(4)14(13)16(19)20/h5-7H,1-4H3,(H,19,20). The van der Waals surface area contributed by atoms with Crippen molar-refractivity contribution < 1.29 is 14.6 Å². The molecule has 0 atom stereocenters. The molecule has 2 rings (SSSR count). The summed E-state index contributed by atoms with van der Waals surface area (Å²) in [6.45, 7) is 7.40. The smallest absolute Gasteiger partial charge is 0.341 e. The zero-order chi connectivity index (χ0) is 15.7. The zero-order valence-electron chi connectivity index (χ0n) is 12.3. The molecule has 0 spiro atoms. The Labute approximate surface area is 131 Å². The fourth-order valence-corrected chi connectivity index (χ4v) is 2.45. The maximum atomic E-state index is 11.4. The van der Waals surface area contributed by atoms with Crippen LogP contribution < -0.4 is 4.74 Å². The van der Waals surface area contributed by atoms with E-state index in [4.69, 9.17) is 4.74 Å². The van der Waals surface area contributed by atoms with Gasteiger partial charge in [0.2, 0.25) is 0 Å². The molecule has 21 heavy (non-hydrogen) atoms. The molecule has 5 heteroatoms. The highest BCUT2D eigenvalue weighted by atomic mass is 79.9. The predicted molar refractivity (Wildman–Crippen MR) is 84.4 cm³/mol. The third-order valence-corrected chi connectivity index (χ3v) is 4.39. The minimum absolute atomic E-state index is 0.0961. The van der Waals surface area contributed by atoms with Gasteiger partial charge in [0.25, 0.3) is 0 Å². The average molecular weight is 350 g/mol. The summed E-state index contributed by atoms with van der Waals surface area (Å²) < 4.78 is 6.83. The lowest BCUT2D eigenvalue weighted by Gasteiger charge is -2.13. The predicted octanol–water partition coefficient (Wildman–Crippen LogP) is 4.57. The number of nitrogens with zero attached hydrogens (tertiary/aromatic N) is 1. The second kappa shape index (κ2) is 5.85. The lowest BCUT2D eigenvalue weighted by molar-refractivity contribution is 0.0693. The van der Waals surface area contributed by atoms with E-state index in [0.29, 0.717) is 17.2 Å². The van der Waals surface area contributed by atoms with Crippen molar-refractivity contribution in [2.45, 2.75) is 27.7 Å². The van der Waals surface area contributed by atoms with Gasteiger partial charge in [0, 0.05) is 16.2 Å². The van der Waals surface area contributed by atoms with Gasteiger partial charge in [-0.15, -0.1) is 0 Å². The van der Waals surface area contributed by atoms with Gasteiger partial charge in [0.05, 0.1) is 5.69 Å². The molecule has 1 heterocycles. The minimum atomic E-state index is -1.04. The number of halogens is 1. The molecule has 1 aromatic carbocycles. The van der Waals surface area contributed by atoms with Crippen LogP contribution in [0.2, 0.25) is 0 Å². The molecule has 0 aliphatic heterocycles. The number of aromatic carboxylic acids is 1. The minimum Gasteiger partial charge on any atom is -0.477 e. The van der Waals surface area contributed by atoms with E-state index in [2.05, 4.69) is 20.9 Å². The monoisotopic (exact) mass is 349 g/mol. The van der Waals surface area contributed by atoms with E-state index < -0.39 is 5.97 Å². The number of benzene rings is 1. The number of carbonyl (C=O) groups is 1. The molecule has 1 N–H and O–H groups in total. The summed E-state index contributed by atoms with van der Waals surface area (Å²) in [6, 6.07) is 5.38. The van der Waals surface area contributed by atoms with E-state index in [1.165, 1.54) is 0 Å². The van der Waals surface area contributed by atoms with Crippen LogP contribution in [0.1, 0.15) is 32.9 Å². The van der Waals surface area contributed by atoms with Crippen molar-refractivity contribution in [1.29, 1.82) is 0 Å². The Morgan fingerprint density at radius 2 is 1.71 bits per heavy atom. The van der Waals surface area contributed by atoms with Crippen molar-refractivity contribution in [3.05, 3.63) is 50.8 Å². The van der Waals surface area contributed by atoms with Crippen molar-refractivity contribution in [3.63, 3.8) is 0 Å². The first-order valence-electron chi connectivity index (χ1n) is 6.45. The summed E-state index contributed by atoms with van der Waals surface area (Å²) in [4.78, 5) is 15.6. The molecule has 2 aromatic rings. The molecule has 0 aliphatic rings. The maximum absolute atomic E-state index is 11.4. The summed E-state index contributed by atoms with van der Waals surface area (Å²) in [6.07, 6.45) is 0. The van der Waals surface area contributed by atoms with Crippen molar-refractivity contribution in [3.8, 4) is 11.5 Å². The van der Waals surface area contributed by atoms with Crippen LogP contribution in [-0.2, 0) is 0 Å². The Morgan fingerprint density at radius 3 is 2.24 bits per heavy atom. The van der Waals surface area contributed by atoms with E-state index in [-0.39, 0.29) is 5.56 Å². The highest BCUT2D eigenvalue weighted by Crippen LogP contribution is 2.32. The third kappa shape index (κ3) is 3.24. The van der Waals surface area contributed by atoms with Gasteiger partial charge in [-0.3, -0.25) is 4.98 Å². The van der Waals surface area contributed by atoms with Crippen LogP contribution in [0.4, 0.5) is 0 Å². The Hall–Kier alpha value is -1.88. The van der Waals surface area contributed by atoms with E-state index in [1.807, 2.05) is 32.9 Å². The van der Waals surface area contributed by atoms with Gasteiger partial charge in [-0.25, -0.2) is 4.79 Å². The molecule has 0 amide bonds. The molecule has 1 aromatic heterocycles. The molecule has 0 radical (unpaired) electrons. The number of carboxylic acid groups (broad SMARTS) is 1. The summed E-state index contributed by atoms with van der Waals surface area (Å²) >= 11 is 3.50. The van der Waals surface area contributed by atoms with Crippen molar-refractivity contribution in [1.82, 2.24) is 4.98 Å². The molecular formula is C16H16BrNO3. The largest absolute Gasteiger partial charge is 0.477 e. The van der Waals surface area contributed by atoms with E-state index in [9.17, 15) is 9.90 Å². The summed E-state index contributed by atoms with van der Waals surface area (Å²) in [5, 5.41) is 9.34. The lowest BCUT2D eigenvalue weighted by atomic mass is 10.1. The summed E-state index contributed by atoms with van der Waals surface area (Å²) in [5.74, 6) is -0.116. The zero-order valence-corrected chi connectivity index (χ0v) is 13.9. The number of ether oxygens (including phenoxy) is 1. The van der Waals surface area contributed by atoms with E-state index in [0.717, 1.165) is 21.3 Å². The van der Waals surface area contributed by atoms with Crippen LogP contribution >= 0.6 is 15.9 Å². The Bertz CT molecular complexity index is 703. The first-order chi connectivity index (χ1) is 9.79. The van der Waals surface area contributed by atoms with Gasteiger partial charge in [-0.1, -0.05) is 15.9 Å². The van der Waals surface area contributed by atoms with Crippen LogP contribution in [0.15, 0.2) is 22.7 Å². The van der Waals surface area contributed by atoms with Gasteiger partial charge in [0.15, 0.2) is 0 Å². The van der Waals surface area contributed by atoms with E-state index in [1.54, 1.807) is 13.0 Å². The molecule has 110 valence electrons. The number of hydrogen-bond donors (Lipinski definition) is 1. The van der Waals surface area contributed by atoms with Crippen LogP contribution in [0, 0.1) is 27.7 Å². The Kier molecular flexibility index (Phi) is 4.32. The van der Waals surface area contributed by atoms with E-state index >= 15 is 0 Å². The fraction of sp³-hybridized carbons (Fsp3) is 0.250. The van der Waals surface area contributed by atoms with Gasteiger partial charge in [0.1, 0.15) is 17.1 Å². The lowest BCUT2D eigenvalue weighted by Crippen LogP contribution is -2.06. The van der Waals surface area contributed by atoms with Gasteiger partial charge in [-0.05, 0) is 51.0 Å². The highest BCUT2D eigenvalue weighted by molar-refractivity contribution is 9.10. The fourth-order valence-electron chi connectivity index (χ4n) is 2.23. The summed E-state index contributed by atoms with van der Waals surface area (Å²) in [7, 11) is 0. The quantitative estimate of drug-likeness (QED) is 0.881. The van der Waals surface area contributed by atoms with Crippen molar-refractivity contribution in [2.75, 3.05) is 0 Å². The van der Waals surface area contributed by atoms with Crippen LogP contribution in [0.25, 0.3) is 0 Å². The number of aromatic nitrogens is 1.